The third-order valence-electron chi connectivity index (χ3n) is 1.90. The minimum absolute atomic E-state index is 0.0768. The Morgan fingerprint density at radius 2 is 2.00 bits per heavy atom. The Balaban J connectivity index is 2.49. The predicted molar refractivity (Wildman–Crippen MR) is 73.3 cm³/mol. The number of esters is 1. The summed E-state index contributed by atoms with van der Waals surface area (Å²) in [6, 6.07) is 1.19. The zero-order chi connectivity index (χ0) is 14.7. The van der Waals surface area contributed by atoms with Gasteiger partial charge in [0.15, 0.2) is 0 Å². The molecule has 1 rings (SSSR count). The van der Waals surface area contributed by atoms with Gasteiger partial charge in [0.25, 0.3) is 9.05 Å². The quantitative estimate of drug-likeness (QED) is 0.472. The van der Waals surface area contributed by atoms with E-state index < -0.39 is 15.0 Å². The van der Waals surface area contributed by atoms with Crippen molar-refractivity contribution in [3.8, 4) is 0 Å². The highest BCUT2D eigenvalue weighted by Gasteiger charge is 2.17. The van der Waals surface area contributed by atoms with Gasteiger partial charge in [0, 0.05) is 16.1 Å². The fourth-order valence-corrected chi connectivity index (χ4v) is 3.05. The topological polar surface area (TPSA) is 69.7 Å². The summed E-state index contributed by atoms with van der Waals surface area (Å²) < 4.78 is 32.3. The van der Waals surface area contributed by atoms with Crippen LogP contribution in [0.5, 0.6) is 0 Å². The lowest BCUT2D eigenvalue weighted by molar-refractivity contribution is -0.0281. The van der Waals surface area contributed by atoms with Crippen LogP contribution >= 0.6 is 22.0 Å². The molecule has 0 aliphatic carbocycles. The molecular weight excluding hydrogens is 312 g/mol. The Bertz CT molecular complexity index is 542. The van der Waals surface area contributed by atoms with Gasteiger partial charge in [0.05, 0.1) is 17.8 Å². The first-order valence-corrected chi connectivity index (χ1v) is 8.63. The average Bonchev–Trinajstić information content (AvgIpc) is 2.71. The molecule has 8 heteroatoms. The number of carbonyl (C=O) groups is 1. The number of hydrogen-bond acceptors (Lipinski definition) is 6. The Hall–Kier alpha value is -0.630. The predicted octanol–water partition coefficient (Wildman–Crippen LogP) is 2.65. The van der Waals surface area contributed by atoms with Crippen molar-refractivity contribution in [1.29, 1.82) is 0 Å². The van der Waals surface area contributed by atoms with Crippen molar-refractivity contribution >= 4 is 37.0 Å². The van der Waals surface area contributed by atoms with E-state index in [1.807, 2.05) is 20.8 Å². The van der Waals surface area contributed by atoms with Crippen molar-refractivity contribution in [3.63, 3.8) is 0 Å². The second-order valence-corrected chi connectivity index (χ2v) is 8.39. The van der Waals surface area contributed by atoms with Gasteiger partial charge in [-0.3, -0.25) is 0 Å². The highest BCUT2D eigenvalue weighted by Crippen LogP contribution is 2.24. The number of hydrogen-bond donors (Lipinski definition) is 0. The largest absolute Gasteiger partial charge is 0.460 e. The summed E-state index contributed by atoms with van der Waals surface area (Å²) in [5, 5.41) is 1.39. The Kier molecular flexibility index (Phi) is 5.37. The molecule has 0 fully saturated rings. The molecule has 1 aromatic rings. The number of halogens is 1. The number of ether oxygens (including phenoxy) is 2. The third kappa shape index (κ3) is 5.90. The van der Waals surface area contributed by atoms with Crippen LogP contribution in [-0.2, 0) is 18.5 Å². The lowest BCUT2D eigenvalue weighted by atomic mass is 10.2. The third-order valence-corrected chi connectivity index (χ3v) is 4.94. The summed E-state index contributed by atoms with van der Waals surface area (Å²) in [5.41, 5.74) is -0.130. The van der Waals surface area contributed by atoms with Crippen LogP contribution < -0.4 is 0 Å². The van der Waals surface area contributed by atoms with E-state index in [0.717, 1.165) is 11.3 Å². The summed E-state index contributed by atoms with van der Waals surface area (Å²) in [4.78, 5) is 11.6. The molecule has 0 saturated heterocycles. The van der Waals surface area contributed by atoms with Gasteiger partial charge in [-0.25, -0.2) is 13.2 Å². The molecule has 1 aromatic heterocycles. The molecule has 0 radical (unpaired) electrons. The van der Waals surface area contributed by atoms with Crippen LogP contribution in [0.2, 0.25) is 0 Å². The van der Waals surface area contributed by atoms with Crippen molar-refractivity contribution < 1.29 is 22.7 Å². The Labute approximate surface area is 120 Å². The molecule has 0 aromatic carbocycles. The summed E-state index contributed by atoms with van der Waals surface area (Å²) >= 11 is 0.876. The lowest BCUT2D eigenvalue weighted by Crippen LogP contribution is -2.22. The van der Waals surface area contributed by atoms with Gasteiger partial charge in [-0.05, 0) is 26.8 Å². The summed E-state index contributed by atoms with van der Waals surface area (Å²) in [7, 11) is 1.36. The van der Waals surface area contributed by atoms with Crippen molar-refractivity contribution in [2.24, 2.45) is 0 Å². The number of carbonyl (C=O) groups excluding carboxylic acids is 1. The summed E-state index contributed by atoms with van der Waals surface area (Å²) in [6.45, 7) is 6.07. The molecule has 0 unspecified atom stereocenters. The lowest BCUT2D eigenvalue weighted by Gasteiger charge is -2.19. The molecule has 19 heavy (non-hydrogen) atoms. The minimum Gasteiger partial charge on any atom is -0.460 e. The van der Waals surface area contributed by atoms with Gasteiger partial charge in [-0.15, -0.1) is 11.3 Å². The van der Waals surface area contributed by atoms with E-state index in [2.05, 4.69) is 0 Å². The molecule has 0 atom stereocenters. The fourth-order valence-electron chi connectivity index (χ4n) is 1.12. The van der Waals surface area contributed by atoms with Crippen molar-refractivity contribution in [2.75, 3.05) is 13.2 Å². The van der Waals surface area contributed by atoms with Gasteiger partial charge in [-0.2, -0.15) is 0 Å². The normalized spacial score (nSPS) is 12.4. The smallest absolute Gasteiger partial charge is 0.339 e. The van der Waals surface area contributed by atoms with E-state index in [1.165, 1.54) is 11.4 Å². The van der Waals surface area contributed by atoms with E-state index in [1.54, 1.807) is 0 Å². The number of thiophene rings is 1. The van der Waals surface area contributed by atoms with E-state index in [0.29, 0.717) is 0 Å². The van der Waals surface area contributed by atoms with Gasteiger partial charge >= 0.3 is 5.97 Å². The van der Waals surface area contributed by atoms with Gasteiger partial charge in [0.1, 0.15) is 10.8 Å². The molecular formula is C11H15ClO5S2. The molecule has 1 heterocycles. The molecule has 0 aliphatic heterocycles. The zero-order valence-corrected chi connectivity index (χ0v) is 13.2. The second kappa shape index (κ2) is 6.21. The summed E-state index contributed by atoms with van der Waals surface area (Å²) in [6.07, 6.45) is 0. The molecule has 0 N–H and O–H groups in total. The van der Waals surface area contributed by atoms with Crippen LogP contribution in [0.1, 0.15) is 31.1 Å². The summed E-state index contributed by atoms with van der Waals surface area (Å²) in [5.74, 6) is -0.597. The van der Waals surface area contributed by atoms with E-state index >= 15 is 0 Å². The standard InChI is InChI=1S/C11H15ClO5S2/c1-11(2,3)17-5-4-16-10(13)8-6-9(18-7-8)19(12,14)15/h6-7H,4-5H2,1-3H3. The van der Waals surface area contributed by atoms with Gasteiger partial charge < -0.3 is 9.47 Å². The first kappa shape index (κ1) is 16.4. The molecule has 5 nitrogen and oxygen atoms in total. The van der Waals surface area contributed by atoms with Crippen LogP contribution in [-0.4, -0.2) is 33.2 Å². The van der Waals surface area contributed by atoms with Crippen LogP contribution in [0.25, 0.3) is 0 Å². The Morgan fingerprint density at radius 1 is 1.37 bits per heavy atom. The minimum atomic E-state index is -3.80. The average molecular weight is 327 g/mol. The monoisotopic (exact) mass is 326 g/mol. The molecule has 0 aliphatic rings. The maximum Gasteiger partial charge on any atom is 0.339 e. The van der Waals surface area contributed by atoms with E-state index in [9.17, 15) is 13.2 Å². The highest BCUT2D eigenvalue weighted by atomic mass is 35.7. The van der Waals surface area contributed by atoms with Crippen LogP contribution in [0.3, 0.4) is 0 Å². The highest BCUT2D eigenvalue weighted by molar-refractivity contribution is 8.15. The van der Waals surface area contributed by atoms with Crippen LogP contribution in [0.15, 0.2) is 15.7 Å². The van der Waals surface area contributed by atoms with Gasteiger partial charge in [-0.1, -0.05) is 0 Å². The van der Waals surface area contributed by atoms with E-state index in [-0.39, 0.29) is 28.6 Å². The molecule has 0 saturated carbocycles. The van der Waals surface area contributed by atoms with Crippen molar-refractivity contribution in [3.05, 3.63) is 17.0 Å². The van der Waals surface area contributed by atoms with Gasteiger partial charge in [0.2, 0.25) is 0 Å². The number of rotatable bonds is 5. The first-order valence-electron chi connectivity index (χ1n) is 5.44. The van der Waals surface area contributed by atoms with Crippen molar-refractivity contribution in [1.82, 2.24) is 0 Å². The molecule has 0 amide bonds. The Morgan fingerprint density at radius 3 is 2.47 bits per heavy atom. The maximum absolute atomic E-state index is 11.6. The van der Waals surface area contributed by atoms with Crippen LogP contribution in [0, 0.1) is 0 Å². The van der Waals surface area contributed by atoms with Crippen LogP contribution in [0.4, 0.5) is 0 Å². The SMILES string of the molecule is CC(C)(C)OCCOC(=O)c1csc(S(=O)(=O)Cl)c1. The molecule has 108 valence electrons. The van der Waals surface area contributed by atoms with Crippen molar-refractivity contribution in [2.45, 2.75) is 30.6 Å². The fraction of sp³-hybridized carbons (Fsp3) is 0.545. The molecule has 0 spiro atoms. The maximum atomic E-state index is 11.6. The zero-order valence-electron chi connectivity index (χ0n) is 10.8. The van der Waals surface area contributed by atoms with E-state index in [4.69, 9.17) is 20.2 Å². The first-order chi connectivity index (χ1) is 8.59. The second-order valence-electron chi connectivity index (χ2n) is 4.69. The molecule has 0 bridgehead atoms.